The maximum Gasteiger partial charge on any atom is 0.279 e. The van der Waals surface area contributed by atoms with E-state index < -0.39 is 0 Å². The summed E-state index contributed by atoms with van der Waals surface area (Å²) in [6.07, 6.45) is 1.64. The molecule has 0 saturated carbocycles. The van der Waals surface area contributed by atoms with Gasteiger partial charge < -0.3 is 0 Å². The van der Waals surface area contributed by atoms with Gasteiger partial charge in [0.1, 0.15) is 5.69 Å². The highest BCUT2D eigenvalue weighted by molar-refractivity contribution is 5.95. The van der Waals surface area contributed by atoms with Gasteiger partial charge in [-0.25, -0.2) is 0 Å². The fourth-order valence-electron chi connectivity index (χ4n) is 1.82. The van der Waals surface area contributed by atoms with Crippen LogP contribution in [0.3, 0.4) is 0 Å². The van der Waals surface area contributed by atoms with E-state index in [0.717, 1.165) is 5.56 Å². The third kappa shape index (κ3) is 2.28. The van der Waals surface area contributed by atoms with Crippen molar-refractivity contribution in [2.75, 3.05) is 0 Å². The van der Waals surface area contributed by atoms with Crippen LogP contribution < -0.4 is 0 Å². The molecule has 0 aliphatic heterocycles. The predicted octanol–water partition coefficient (Wildman–Crippen LogP) is 2.63. The van der Waals surface area contributed by atoms with E-state index in [9.17, 15) is 4.79 Å². The van der Waals surface area contributed by atoms with Gasteiger partial charge in [0.15, 0.2) is 0 Å². The van der Waals surface area contributed by atoms with Gasteiger partial charge in [-0.05, 0) is 12.1 Å². The molecular formula is C15H11N3O. The Hall–Kier alpha value is -2.75. The average Bonchev–Trinajstić information content (AvgIpc) is 2.98. The molecule has 0 unspecified atom stereocenters. The number of benzene rings is 2. The lowest BCUT2D eigenvalue weighted by molar-refractivity contribution is 0.0943. The van der Waals surface area contributed by atoms with Gasteiger partial charge >= 0.3 is 0 Å². The molecule has 1 aromatic heterocycles. The van der Waals surface area contributed by atoms with E-state index in [-0.39, 0.29) is 5.91 Å². The number of carbonyl (C=O) groups is 1. The highest BCUT2D eigenvalue weighted by atomic mass is 16.2. The molecule has 0 aliphatic carbocycles. The molecule has 19 heavy (non-hydrogen) atoms. The van der Waals surface area contributed by atoms with Crippen LogP contribution in [-0.2, 0) is 0 Å². The maximum atomic E-state index is 12.2. The van der Waals surface area contributed by atoms with Gasteiger partial charge in [0.2, 0.25) is 0 Å². The Kier molecular flexibility index (Phi) is 2.90. The fourth-order valence-corrected chi connectivity index (χ4v) is 1.82. The number of hydrogen-bond donors (Lipinski definition) is 0. The van der Waals surface area contributed by atoms with E-state index in [4.69, 9.17) is 0 Å². The SMILES string of the molecule is O=C(c1ccccc1)n1cc(-c2ccccc2)nn1. The zero-order valence-electron chi connectivity index (χ0n) is 10.1. The molecule has 1 heterocycles. The smallest absolute Gasteiger partial charge is 0.267 e. The van der Waals surface area contributed by atoms with Crippen molar-refractivity contribution in [3.63, 3.8) is 0 Å². The van der Waals surface area contributed by atoms with Crippen molar-refractivity contribution in [3.05, 3.63) is 72.4 Å². The Morgan fingerprint density at radius 1 is 0.895 bits per heavy atom. The van der Waals surface area contributed by atoms with Crippen molar-refractivity contribution in [1.82, 2.24) is 15.0 Å². The zero-order valence-corrected chi connectivity index (χ0v) is 10.1. The van der Waals surface area contributed by atoms with E-state index in [1.165, 1.54) is 4.68 Å². The van der Waals surface area contributed by atoms with Gasteiger partial charge in [0.05, 0.1) is 6.20 Å². The van der Waals surface area contributed by atoms with E-state index >= 15 is 0 Å². The topological polar surface area (TPSA) is 47.8 Å². The zero-order chi connectivity index (χ0) is 13.1. The largest absolute Gasteiger partial charge is 0.279 e. The van der Waals surface area contributed by atoms with E-state index in [1.54, 1.807) is 18.3 Å². The molecule has 0 fully saturated rings. The lowest BCUT2D eigenvalue weighted by Gasteiger charge is -1.98. The first-order chi connectivity index (χ1) is 9.34. The molecule has 92 valence electrons. The molecule has 0 atom stereocenters. The first-order valence-corrected chi connectivity index (χ1v) is 5.92. The van der Waals surface area contributed by atoms with Crippen molar-refractivity contribution in [2.24, 2.45) is 0 Å². The van der Waals surface area contributed by atoms with E-state index in [1.807, 2.05) is 48.5 Å². The van der Waals surface area contributed by atoms with E-state index in [0.29, 0.717) is 11.3 Å². The Balaban J connectivity index is 1.92. The Bertz CT molecular complexity index is 690. The summed E-state index contributed by atoms with van der Waals surface area (Å²) >= 11 is 0. The van der Waals surface area contributed by atoms with Crippen LogP contribution in [0.15, 0.2) is 66.9 Å². The van der Waals surface area contributed by atoms with Crippen LogP contribution in [0, 0.1) is 0 Å². The molecule has 0 aliphatic rings. The van der Waals surface area contributed by atoms with Crippen LogP contribution in [0.25, 0.3) is 11.3 Å². The normalized spacial score (nSPS) is 10.3. The van der Waals surface area contributed by atoms with Crippen LogP contribution in [-0.4, -0.2) is 20.9 Å². The van der Waals surface area contributed by atoms with Crippen LogP contribution in [0.2, 0.25) is 0 Å². The van der Waals surface area contributed by atoms with Crippen LogP contribution >= 0.6 is 0 Å². The highest BCUT2D eigenvalue weighted by Crippen LogP contribution is 2.15. The van der Waals surface area contributed by atoms with Gasteiger partial charge in [-0.3, -0.25) is 4.79 Å². The van der Waals surface area contributed by atoms with Gasteiger partial charge in [-0.2, -0.15) is 4.68 Å². The minimum Gasteiger partial charge on any atom is -0.267 e. The number of rotatable bonds is 2. The summed E-state index contributed by atoms with van der Waals surface area (Å²) in [6.45, 7) is 0. The minimum absolute atomic E-state index is 0.185. The molecule has 2 aromatic carbocycles. The maximum absolute atomic E-state index is 12.2. The summed E-state index contributed by atoms with van der Waals surface area (Å²) < 4.78 is 1.26. The number of nitrogens with zero attached hydrogens (tertiary/aromatic N) is 3. The Morgan fingerprint density at radius 3 is 2.21 bits per heavy atom. The summed E-state index contributed by atoms with van der Waals surface area (Å²) in [5.41, 5.74) is 2.21. The van der Waals surface area contributed by atoms with Crippen molar-refractivity contribution in [3.8, 4) is 11.3 Å². The summed E-state index contributed by atoms with van der Waals surface area (Å²) in [5.74, 6) is -0.185. The van der Waals surface area contributed by atoms with Crippen LogP contribution in [0.4, 0.5) is 0 Å². The first-order valence-electron chi connectivity index (χ1n) is 5.92. The second-order valence-corrected chi connectivity index (χ2v) is 4.09. The Labute approximate surface area is 110 Å². The lowest BCUT2D eigenvalue weighted by atomic mass is 10.2. The van der Waals surface area contributed by atoms with Crippen molar-refractivity contribution in [2.45, 2.75) is 0 Å². The van der Waals surface area contributed by atoms with Crippen molar-refractivity contribution >= 4 is 5.91 Å². The van der Waals surface area contributed by atoms with Crippen molar-refractivity contribution in [1.29, 1.82) is 0 Å². The van der Waals surface area contributed by atoms with Crippen LogP contribution in [0.5, 0.6) is 0 Å². The summed E-state index contributed by atoms with van der Waals surface area (Å²) in [6, 6.07) is 18.7. The minimum atomic E-state index is -0.185. The molecule has 0 saturated heterocycles. The first kappa shape index (κ1) is 11.3. The van der Waals surface area contributed by atoms with Gasteiger partial charge in [-0.1, -0.05) is 53.7 Å². The fraction of sp³-hybridized carbons (Fsp3) is 0. The molecule has 3 aromatic rings. The molecule has 0 spiro atoms. The van der Waals surface area contributed by atoms with E-state index in [2.05, 4.69) is 10.3 Å². The summed E-state index contributed by atoms with van der Waals surface area (Å²) in [5, 5.41) is 7.91. The molecule has 4 nitrogen and oxygen atoms in total. The second kappa shape index (κ2) is 4.86. The highest BCUT2D eigenvalue weighted by Gasteiger charge is 2.11. The predicted molar refractivity (Wildman–Crippen MR) is 71.6 cm³/mol. The summed E-state index contributed by atoms with van der Waals surface area (Å²) in [4.78, 5) is 12.2. The monoisotopic (exact) mass is 249 g/mol. The molecule has 0 N–H and O–H groups in total. The molecular weight excluding hydrogens is 238 g/mol. The second-order valence-electron chi connectivity index (χ2n) is 4.09. The van der Waals surface area contributed by atoms with Crippen molar-refractivity contribution < 1.29 is 4.79 Å². The molecule has 0 bridgehead atoms. The number of aromatic nitrogens is 3. The molecule has 0 amide bonds. The van der Waals surface area contributed by atoms with Gasteiger partial charge in [-0.15, -0.1) is 5.10 Å². The molecule has 3 rings (SSSR count). The quantitative estimate of drug-likeness (QED) is 0.701. The average molecular weight is 249 g/mol. The third-order valence-electron chi connectivity index (χ3n) is 2.79. The number of carbonyl (C=O) groups excluding carboxylic acids is 1. The van der Waals surface area contributed by atoms with Crippen LogP contribution in [0.1, 0.15) is 10.4 Å². The third-order valence-corrected chi connectivity index (χ3v) is 2.79. The number of hydrogen-bond acceptors (Lipinski definition) is 3. The lowest BCUT2D eigenvalue weighted by Crippen LogP contribution is -2.12. The summed E-state index contributed by atoms with van der Waals surface area (Å²) in [7, 11) is 0. The van der Waals surface area contributed by atoms with Gasteiger partial charge in [0.25, 0.3) is 5.91 Å². The molecule has 0 radical (unpaired) electrons. The standard InChI is InChI=1S/C15H11N3O/c19-15(13-9-5-2-6-10-13)18-11-14(16-17-18)12-7-3-1-4-8-12/h1-11H. The van der Waals surface area contributed by atoms with Gasteiger partial charge in [0, 0.05) is 11.1 Å². The molecule has 4 heteroatoms. The Morgan fingerprint density at radius 2 is 1.53 bits per heavy atom.